The van der Waals surface area contributed by atoms with E-state index in [0.29, 0.717) is 17.9 Å². The summed E-state index contributed by atoms with van der Waals surface area (Å²) in [6.07, 6.45) is 21.1. The summed E-state index contributed by atoms with van der Waals surface area (Å²) in [6.45, 7) is 2.26. The van der Waals surface area contributed by atoms with E-state index in [1.165, 1.54) is 57.8 Å². The summed E-state index contributed by atoms with van der Waals surface area (Å²) < 4.78 is 17.2. The Hall–Kier alpha value is -2.32. The molecule has 35 heavy (non-hydrogen) atoms. The Balaban J connectivity index is 1.54. The molecule has 0 fully saturated rings. The van der Waals surface area contributed by atoms with Crippen LogP contribution in [0.15, 0.2) is 72.8 Å². The van der Waals surface area contributed by atoms with Crippen molar-refractivity contribution in [3.63, 3.8) is 0 Å². The van der Waals surface area contributed by atoms with Gasteiger partial charge in [-0.05, 0) is 56.4 Å². The van der Waals surface area contributed by atoms with Gasteiger partial charge >= 0.3 is 14.6 Å². The molecular formula is C30H43O4P. The Morgan fingerprint density at radius 2 is 1.11 bits per heavy atom. The molecule has 0 bridgehead atoms. The summed E-state index contributed by atoms with van der Waals surface area (Å²) in [7, 11) is -1.85. The van der Waals surface area contributed by atoms with Crippen LogP contribution in [0.1, 0.15) is 96.8 Å². The van der Waals surface area contributed by atoms with E-state index in [4.69, 9.17) is 13.6 Å². The molecule has 0 aliphatic rings. The molecule has 5 heteroatoms. The highest BCUT2D eigenvalue weighted by molar-refractivity contribution is 7.43. The number of hydrogen-bond acceptors (Lipinski definition) is 4. The molecule has 0 aliphatic carbocycles. The normalized spacial score (nSPS) is 11.1. The van der Waals surface area contributed by atoms with Crippen LogP contribution in [0.5, 0.6) is 11.5 Å². The first kappa shape index (κ1) is 28.9. The van der Waals surface area contributed by atoms with Crippen LogP contribution >= 0.6 is 8.60 Å². The Morgan fingerprint density at radius 3 is 1.63 bits per heavy atom. The molecule has 4 nitrogen and oxygen atoms in total. The molecule has 0 atom stereocenters. The zero-order valence-electron chi connectivity index (χ0n) is 21.4. The maximum Gasteiger partial charge on any atom is 0.532 e. The van der Waals surface area contributed by atoms with Gasteiger partial charge in [0, 0.05) is 6.42 Å². The van der Waals surface area contributed by atoms with Crippen LogP contribution in [0.3, 0.4) is 0 Å². The van der Waals surface area contributed by atoms with E-state index in [2.05, 4.69) is 19.1 Å². The molecule has 0 aliphatic heterocycles. The van der Waals surface area contributed by atoms with Crippen molar-refractivity contribution < 1.29 is 18.4 Å². The lowest BCUT2D eigenvalue weighted by Crippen LogP contribution is -2.07. The first-order chi connectivity index (χ1) is 17.3. The predicted molar refractivity (Wildman–Crippen MR) is 147 cm³/mol. The molecule has 0 radical (unpaired) electrons. The van der Waals surface area contributed by atoms with Crippen molar-refractivity contribution in [2.45, 2.75) is 96.8 Å². The van der Waals surface area contributed by atoms with Crippen LogP contribution in [0, 0.1) is 0 Å². The molecule has 0 saturated carbocycles. The van der Waals surface area contributed by atoms with E-state index in [-0.39, 0.29) is 5.97 Å². The fourth-order valence-electron chi connectivity index (χ4n) is 3.66. The van der Waals surface area contributed by atoms with Crippen molar-refractivity contribution in [1.29, 1.82) is 0 Å². The van der Waals surface area contributed by atoms with Crippen molar-refractivity contribution in [3.05, 3.63) is 72.8 Å². The highest BCUT2D eigenvalue weighted by Crippen LogP contribution is 2.41. The van der Waals surface area contributed by atoms with E-state index in [0.717, 1.165) is 25.7 Å². The molecule has 0 heterocycles. The molecule has 0 aromatic heterocycles. The molecule has 0 spiro atoms. The van der Waals surface area contributed by atoms with E-state index in [9.17, 15) is 4.79 Å². The van der Waals surface area contributed by atoms with Gasteiger partial charge in [0.2, 0.25) is 0 Å². The third-order valence-corrected chi connectivity index (χ3v) is 6.74. The Bertz CT molecular complexity index is 753. The average Bonchev–Trinajstić information content (AvgIpc) is 2.87. The third-order valence-electron chi connectivity index (χ3n) is 5.67. The fraction of sp³-hybridized carbons (Fsp3) is 0.500. The Kier molecular flexibility index (Phi) is 16.5. The summed E-state index contributed by atoms with van der Waals surface area (Å²) in [5, 5.41) is 0. The zero-order chi connectivity index (χ0) is 24.8. The van der Waals surface area contributed by atoms with E-state index in [1.807, 2.05) is 60.7 Å². The second-order valence-corrected chi connectivity index (χ2v) is 9.82. The summed E-state index contributed by atoms with van der Waals surface area (Å²) in [5.41, 5.74) is 0. The molecular weight excluding hydrogens is 455 g/mol. The SMILES string of the molecule is CCCCCCCCC=CCCCCCCCC(=O)OP(Oc1ccccc1)Oc1ccccc1. The van der Waals surface area contributed by atoms with Gasteiger partial charge in [0.25, 0.3) is 0 Å². The van der Waals surface area contributed by atoms with Crippen LogP contribution in [-0.4, -0.2) is 5.97 Å². The van der Waals surface area contributed by atoms with Gasteiger partial charge in [0.15, 0.2) is 0 Å². The summed E-state index contributed by atoms with van der Waals surface area (Å²) in [4.78, 5) is 12.4. The summed E-state index contributed by atoms with van der Waals surface area (Å²) in [5.74, 6) is 0.951. The smallest absolute Gasteiger partial charge is 0.408 e. The largest absolute Gasteiger partial charge is 0.532 e. The number of carbonyl (C=O) groups excluding carboxylic acids is 1. The van der Waals surface area contributed by atoms with E-state index >= 15 is 0 Å². The number of benzene rings is 2. The van der Waals surface area contributed by atoms with Crippen molar-refractivity contribution in [3.8, 4) is 11.5 Å². The lowest BCUT2D eigenvalue weighted by atomic mass is 10.1. The Morgan fingerprint density at radius 1 is 0.657 bits per heavy atom. The summed E-state index contributed by atoms with van der Waals surface area (Å²) in [6, 6.07) is 18.6. The molecule has 0 unspecified atom stereocenters. The Labute approximate surface area is 214 Å². The second kappa shape index (κ2) is 19.9. The van der Waals surface area contributed by atoms with Gasteiger partial charge in [-0.25, -0.2) is 0 Å². The number of hydrogen-bond donors (Lipinski definition) is 0. The third kappa shape index (κ3) is 15.3. The van der Waals surface area contributed by atoms with Gasteiger partial charge in [0.1, 0.15) is 11.5 Å². The highest BCUT2D eigenvalue weighted by atomic mass is 31.2. The van der Waals surface area contributed by atoms with Crippen LogP contribution < -0.4 is 9.05 Å². The minimum absolute atomic E-state index is 0.277. The molecule has 2 aromatic carbocycles. The van der Waals surface area contributed by atoms with Crippen LogP contribution in [0.4, 0.5) is 0 Å². The van der Waals surface area contributed by atoms with Crippen LogP contribution in [-0.2, 0) is 9.32 Å². The first-order valence-electron chi connectivity index (χ1n) is 13.4. The fourth-order valence-corrected chi connectivity index (χ4v) is 4.62. The van der Waals surface area contributed by atoms with Gasteiger partial charge in [-0.15, -0.1) is 0 Å². The van der Waals surface area contributed by atoms with E-state index in [1.54, 1.807) is 0 Å². The number of carbonyl (C=O) groups is 1. The predicted octanol–water partition coefficient (Wildman–Crippen LogP) is 9.95. The van der Waals surface area contributed by atoms with Gasteiger partial charge in [-0.1, -0.05) is 107 Å². The highest BCUT2D eigenvalue weighted by Gasteiger charge is 2.22. The summed E-state index contributed by atoms with van der Waals surface area (Å²) >= 11 is 0. The topological polar surface area (TPSA) is 44.8 Å². The lowest BCUT2D eigenvalue weighted by molar-refractivity contribution is -0.134. The molecule has 0 amide bonds. The molecule has 0 N–H and O–H groups in total. The average molecular weight is 499 g/mol. The quantitative estimate of drug-likeness (QED) is 0.103. The standard InChI is InChI=1S/C30H43O4P/c1-2-3-4-5-6-7-8-9-10-11-12-13-14-15-22-27-30(31)34-35(32-28-23-18-16-19-24-28)33-29-25-20-17-21-26-29/h9-10,16-21,23-26H,2-8,11-15,22,27H2,1H3. The first-order valence-corrected chi connectivity index (χ1v) is 14.5. The number of rotatable bonds is 20. The van der Waals surface area contributed by atoms with Crippen LogP contribution in [0.25, 0.3) is 0 Å². The molecule has 2 rings (SSSR count). The molecule has 2 aromatic rings. The number of allylic oxidation sites excluding steroid dienone is 2. The van der Waals surface area contributed by atoms with Crippen molar-refractivity contribution in [1.82, 2.24) is 0 Å². The zero-order valence-corrected chi connectivity index (χ0v) is 22.3. The van der Waals surface area contributed by atoms with E-state index < -0.39 is 8.60 Å². The maximum absolute atomic E-state index is 12.4. The minimum atomic E-state index is -1.85. The minimum Gasteiger partial charge on any atom is -0.408 e. The van der Waals surface area contributed by atoms with Gasteiger partial charge in [0.05, 0.1) is 0 Å². The van der Waals surface area contributed by atoms with Crippen molar-refractivity contribution in [2.75, 3.05) is 0 Å². The monoisotopic (exact) mass is 498 g/mol. The van der Waals surface area contributed by atoms with Crippen molar-refractivity contribution >= 4 is 14.6 Å². The second-order valence-electron chi connectivity index (χ2n) is 8.83. The van der Waals surface area contributed by atoms with Gasteiger partial charge < -0.3 is 13.6 Å². The molecule has 192 valence electrons. The van der Waals surface area contributed by atoms with Gasteiger partial charge in [-0.2, -0.15) is 0 Å². The van der Waals surface area contributed by atoms with Gasteiger partial charge in [-0.3, -0.25) is 4.79 Å². The van der Waals surface area contributed by atoms with Crippen LogP contribution in [0.2, 0.25) is 0 Å². The number of para-hydroxylation sites is 2. The lowest BCUT2D eigenvalue weighted by Gasteiger charge is -2.16. The number of unbranched alkanes of at least 4 members (excludes halogenated alkanes) is 11. The van der Waals surface area contributed by atoms with Crippen molar-refractivity contribution in [2.24, 2.45) is 0 Å². The maximum atomic E-state index is 12.4. The molecule has 0 saturated heterocycles.